The van der Waals surface area contributed by atoms with Crippen LogP contribution in [0.5, 0.6) is 5.75 Å². The number of phenols is 1. The summed E-state index contributed by atoms with van der Waals surface area (Å²) in [6.45, 7) is 0.981. The Morgan fingerprint density at radius 1 is 1.20 bits per heavy atom. The summed E-state index contributed by atoms with van der Waals surface area (Å²) >= 11 is 0. The summed E-state index contributed by atoms with van der Waals surface area (Å²) < 4.78 is 0. The summed E-state index contributed by atoms with van der Waals surface area (Å²) in [5.41, 5.74) is 0.239. The van der Waals surface area contributed by atoms with Gasteiger partial charge in [-0.05, 0) is 37.1 Å². The first-order chi connectivity index (χ1) is 12.0. The number of nitrogens with one attached hydrogen (secondary N) is 2. The van der Waals surface area contributed by atoms with E-state index in [-0.39, 0.29) is 34.9 Å². The van der Waals surface area contributed by atoms with Crippen molar-refractivity contribution in [2.45, 2.75) is 18.9 Å². The molecule has 8 nitrogen and oxygen atoms in total. The van der Waals surface area contributed by atoms with E-state index in [2.05, 4.69) is 15.5 Å². The van der Waals surface area contributed by atoms with E-state index in [1.165, 1.54) is 24.3 Å². The van der Waals surface area contributed by atoms with E-state index in [1.807, 2.05) is 0 Å². The van der Waals surface area contributed by atoms with Crippen molar-refractivity contribution in [2.75, 3.05) is 13.1 Å². The number of benzene rings is 1. The highest BCUT2D eigenvalue weighted by Crippen LogP contribution is 2.15. The van der Waals surface area contributed by atoms with Crippen LogP contribution in [0.3, 0.4) is 0 Å². The van der Waals surface area contributed by atoms with E-state index in [9.17, 15) is 19.5 Å². The minimum atomic E-state index is -0.357. The highest BCUT2D eigenvalue weighted by atomic mass is 16.3. The Bertz CT molecular complexity index is 820. The minimum Gasteiger partial charge on any atom is -0.508 e. The quantitative estimate of drug-likeness (QED) is 0.752. The Hall–Kier alpha value is -3.16. The molecule has 1 fully saturated rings. The van der Waals surface area contributed by atoms with E-state index in [0.717, 1.165) is 0 Å². The van der Waals surface area contributed by atoms with Crippen molar-refractivity contribution < 1.29 is 14.7 Å². The molecule has 0 saturated carbocycles. The van der Waals surface area contributed by atoms with Crippen LogP contribution in [0.25, 0.3) is 0 Å². The molecule has 2 amide bonds. The zero-order valence-corrected chi connectivity index (χ0v) is 13.4. The predicted molar refractivity (Wildman–Crippen MR) is 89.4 cm³/mol. The zero-order chi connectivity index (χ0) is 17.8. The van der Waals surface area contributed by atoms with Crippen LogP contribution >= 0.6 is 0 Å². The second-order valence-corrected chi connectivity index (χ2v) is 5.90. The summed E-state index contributed by atoms with van der Waals surface area (Å²) in [5.74, 6) is -0.446. The Morgan fingerprint density at radius 2 is 1.96 bits per heavy atom. The Morgan fingerprint density at radius 3 is 2.60 bits per heavy atom. The topological polar surface area (TPSA) is 115 Å². The lowest BCUT2D eigenvalue weighted by molar-refractivity contribution is 0.0691. The van der Waals surface area contributed by atoms with E-state index in [0.29, 0.717) is 31.5 Å². The number of amides is 2. The number of rotatable bonds is 3. The van der Waals surface area contributed by atoms with Crippen LogP contribution in [0.4, 0.5) is 0 Å². The minimum absolute atomic E-state index is 0.0394. The fourth-order valence-corrected chi connectivity index (χ4v) is 2.77. The van der Waals surface area contributed by atoms with Crippen LogP contribution in [-0.4, -0.2) is 51.1 Å². The smallest absolute Gasteiger partial charge is 0.274 e. The lowest BCUT2D eigenvalue weighted by atomic mass is 10.0. The maximum Gasteiger partial charge on any atom is 0.274 e. The van der Waals surface area contributed by atoms with E-state index in [4.69, 9.17) is 0 Å². The number of likely N-dealkylation sites (tertiary alicyclic amines) is 1. The number of phenolic OH excluding ortho intramolecular Hbond substituents is 1. The lowest BCUT2D eigenvalue weighted by Crippen LogP contribution is -2.46. The second kappa shape index (κ2) is 7.16. The zero-order valence-electron chi connectivity index (χ0n) is 13.4. The summed E-state index contributed by atoms with van der Waals surface area (Å²) in [5, 5.41) is 18.3. The molecule has 1 aliphatic rings. The van der Waals surface area contributed by atoms with Gasteiger partial charge in [0.1, 0.15) is 11.4 Å². The Balaban J connectivity index is 1.55. The molecule has 0 radical (unpaired) electrons. The van der Waals surface area contributed by atoms with E-state index < -0.39 is 0 Å². The molecule has 25 heavy (non-hydrogen) atoms. The van der Waals surface area contributed by atoms with Crippen molar-refractivity contribution in [1.82, 2.24) is 20.4 Å². The molecule has 1 aliphatic heterocycles. The van der Waals surface area contributed by atoms with Crippen LogP contribution in [0.2, 0.25) is 0 Å². The standard InChI is InChI=1S/C17H18N4O4/c22-13-3-1-2-11(10-13)16(24)18-12-6-8-21(9-7-12)17(25)14-4-5-15(23)20-19-14/h1-5,10,12,22H,6-9H2,(H,18,24)(H,20,23). The number of nitrogens with zero attached hydrogens (tertiary/aromatic N) is 2. The van der Waals surface area contributed by atoms with Gasteiger partial charge in [-0.2, -0.15) is 5.10 Å². The third kappa shape index (κ3) is 4.03. The van der Waals surface area contributed by atoms with E-state index >= 15 is 0 Å². The number of aromatic amines is 1. The number of H-pyrrole nitrogens is 1. The number of hydrogen-bond acceptors (Lipinski definition) is 5. The van der Waals surface area contributed by atoms with Crippen LogP contribution in [-0.2, 0) is 0 Å². The van der Waals surface area contributed by atoms with Gasteiger partial charge in [-0.3, -0.25) is 14.4 Å². The van der Waals surface area contributed by atoms with Gasteiger partial charge in [0, 0.05) is 30.8 Å². The molecule has 2 aromatic rings. The van der Waals surface area contributed by atoms with Gasteiger partial charge in [0.15, 0.2) is 0 Å². The maximum absolute atomic E-state index is 12.3. The molecule has 3 rings (SSSR count). The summed E-state index contributed by atoms with van der Waals surface area (Å²) in [4.78, 5) is 37.2. The number of hydrogen-bond donors (Lipinski definition) is 3. The third-order valence-electron chi connectivity index (χ3n) is 4.12. The number of aromatic hydroxyl groups is 1. The average molecular weight is 342 g/mol. The third-order valence-corrected chi connectivity index (χ3v) is 4.12. The van der Waals surface area contributed by atoms with Gasteiger partial charge in [0.05, 0.1) is 0 Å². The van der Waals surface area contributed by atoms with Crippen LogP contribution in [0, 0.1) is 0 Å². The largest absolute Gasteiger partial charge is 0.508 e. The van der Waals surface area contributed by atoms with Gasteiger partial charge in [0.25, 0.3) is 17.4 Å². The first-order valence-electron chi connectivity index (χ1n) is 7.98. The summed E-state index contributed by atoms with van der Waals surface area (Å²) in [6, 6.07) is 8.79. The van der Waals surface area contributed by atoms with Crippen molar-refractivity contribution in [3.63, 3.8) is 0 Å². The second-order valence-electron chi connectivity index (χ2n) is 5.90. The SMILES string of the molecule is O=C(NC1CCN(C(=O)c2ccc(=O)[nH]n2)CC1)c1cccc(O)c1. The van der Waals surface area contributed by atoms with Gasteiger partial charge in [0.2, 0.25) is 0 Å². The molecular weight excluding hydrogens is 324 g/mol. The van der Waals surface area contributed by atoms with Crippen molar-refractivity contribution in [2.24, 2.45) is 0 Å². The normalized spacial score (nSPS) is 15.0. The molecule has 2 heterocycles. The first kappa shape index (κ1) is 16.7. The molecule has 0 unspecified atom stereocenters. The van der Waals surface area contributed by atoms with Gasteiger partial charge >= 0.3 is 0 Å². The molecule has 1 aromatic heterocycles. The van der Waals surface area contributed by atoms with Crippen LogP contribution < -0.4 is 10.9 Å². The average Bonchev–Trinajstić information content (AvgIpc) is 2.62. The fourth-order valence-electron chi connectivity index (χ4n) is 2.77. The summed E-state index contributed by atoms with van der Waals surface area (Å²) in [6.07, 6.45) is 1.25. The molecule has 0 bridgehead atoms. The molecule has 0 atom stereocenters. The van der Waals surface area contributed by atoms with Crippen molar-refractivity contribution >= 4 is 11.8 Å². The van der Waals surface area contributed by atoms with E-state index in [1.54, 1.807) is 17.0 Å². The highest BCUT2D eigenvalue weighted by Gasteiger charge is 2.25. The lowest BCUT2D eigenvalue weighted by Gasteiger charge is -2.32. The van der Waals surface area contributed by atoms with Crippen molar-refractivity contribution in [3.8, 4) is 5.75 Å². The molecule has 130 valence electrons. The van der Waals surface area contributed by atoms with Crippen LogP contribution in [0.15, 0.2) is 41.2 Å². The fraction of sp³-hybridized carbons (Fsp3) is 0.294. The maximum atomic E-state index is 12.3. The Labute approximate surface area is 143 Å². The number of aromatic nitrogens is 2. The molecule has 3 N–H and O–H groups in total. The predicted octanol–water partition coefficient (Wildman–Crippen LogP) is 0.510. The molecule has 0 aliphatic carbocycles. The van der Waals surface area contributed by atoms with Crippen molar-refractivity contribution in [1.29, 1.82) is 0 Å². The van der Waals surface area contributed by atoms with Gasteiger partial charge in [-0.15, -0.1) is 0 Å². The van der Waals surface area contributed by atoms with Gasteiger partial charge in [-0.25, -0.2) is 5.10 Å². The monoisotopic (exact) mass is 342 g/mol. The number of carbonyl (C=O) groups is 2. The van der Waals surface area contributed by atoms with Crippen molar-refractivity contribution in [3.05, 3.63) is 58.0 Å². The van der Waals surface area contributed by atoms with Gasteiger partial charge < -0.3 is 15.3 Å². The van der Waals surface area contributed by atoms with Gasteiger partial charge in [-0.1, -0.05) is 6.07 Å². The molecular formula is C17H18N4O4. The number of carbonyl (C=O) groups excluding carboxylic acids is 2. The number of piperidine rings is 1. The molecule has 1 aromatic carbocycles. The summed E-state index contributed by atoms with van der Waals surface area (Å²) in [7, 11) is 0. The molecule has 8 heteroatoms. The molecule has 0 spiro atoms. The Kier molecular flexibility index (Phi) is 4.78. The van der Waals surface area contributed by atoms with Crippen LogP contribution in [0.1, 0.15) is 33.7 Å². The first-order valence-corrected chi connectivity index (χ1v) is 7.98. The molecule has 1 saturated heterocycles. The highest BCUT2D eigenvalue weighted by molar-refractivity contribution is 5.95.